The lowest BCUT2D eigenvalue weighted by Crippen LogP contribution is -2.37. The molecule has 2 rings (SSSR count). The Morgan fingerprint density at radius 3 is 2.80 bits per heavy atom. The summed E-state index contributed by atoms with van der Waals surface area (Å²) < 4.78 is 5.67. The molecule has 1 N–H and O–H groups in total. The summed E-state index contributed by atoms with van der Waals surface area (Å²) in [5, 5.41) is 3.65. The van der Waals surface area contributed by atoms with Crippen molar-refractivity contribution in [1.29, 1.82) is 0 Å². The topological polar surface area (TPSA) is 38.3 Å². The number of benzene rings is 1. The Bertz CT molecular complexity index is 499. The van der Waals surface area contributed by atoms with Crippen LogP contribution in [-0.4, -0.2) is 19.1 Å². The van der Waals surface area contributed by atoms with E-state index in [1.165, 1.54) is 31.9 Å². The molecular formula is C16H22BrNO2. The van der Waals surface area contributed by atoms with Crippen LogP contribution in [0.15, 0.2) is 22.7 Å². The zero-order valence-electron chi connectivity index (χ0n) is 12.3. The smallest absolute Gasteiger partial charge is 0.337 e. The van der Waals surface area contributed by atoms with Crippen LogP contribution in [0.3, 0.4) is 0 Å². The number of methoxy groups -OCH3 is 1. The standard InChI is InChI=1S/C16H22BrNO2/c1-16(2)8-4-5-14(16)18-10-12-7-6-11(9-13(12)17)15(19)20-3/h6-7,9,14,18H,4-5,8,10H2,1-3H3. The van der Waals surface area contributed by atoms with Gasteiger partial charge in [0.15, 0.2) is 0 Å². The summed E-state index contributed by atoms with van der Waals surface area (Å²) in [7, 11) is 1.40. The maximum absolute atomic E-state index is 11.5. The second-order valence-corrected chi connectivity index (χ2v) is 6.97. The molecule has 1 atom stereocenters. The van der Waals surface area contributed by atoms with Gasteiger partial charge >= 0.3 is 5.97 Å². The van der Waals surface area contributed by atoms with Crippen molar-refractivity contribution in [1.82, 2.24) is 5.32 Å². The molecule has 1 saturated carbocycles. The van der Waals surface area contributed by atoms with Crippen molar-refractivity contribution in [2.75, 3.05) is 7.11 Å². The summed E-state index contributed by atoms with van der Waals surface area (Å²) in [5.74, 6) is -0.304. The van der Waals surface area contributed by atoms with Crippen molar-refractivity contribution in [2.45, 2.75) is 45.7 Å². The normalized spacial score (nSPS) is 20.9. The van der Waals surface area contributed by atoms with Crippen LogP contribution in [0.5, 0.6) is 0 Å². The fourth-order valence-electron chi connectivity index (χ4n) is 2.87. The summed E-state index contributed by atoms with van der Waals surface area (Å²) in [4.78, 5) is 11.5. The van der Waals surface area contributed by atoms with Gasteiger partial charge in [-0.2, -0.15) is 0 Å². The zero-order chi connectivity index (χ0) is 14.8. The third kappa shape index (κ3) is 3.41. The molecule has 0 heterocycles. The lowest BCUT2D eigenvalue weighted by Gasteiger charge is -2.28. The molecule has 110 valence electrons. The quantitative estimate of drug-likeness (QED) is 0.845. The molecule has 4 heteroatoms. The van der Waals surface area contributed by atoms with E-state index in [9.17, 15) is 4.79 Å². The highest BCUT2D eigenvalue weighted by Gasteiger charge is 2.33. The number of ether oxygens (including phenoxy) is 1. The molecule has 0 radical (unpaired) electrons. The molecule has 1 aromatic carbocycles. The first-order chi connectivity index (χ1) is 9.44. The zero-order valence-corrected chi connectivity index (χ0v) is 13.9. The molecule has 0 amide bonds. The van der Waals surface area contributed by atoms with Gasteiger partial charge in [0.25, 0.3) is 0 Å². The van der Waals surface area contributed by atoms with Gasteiger partial charge in [0, 0.05) is 17.1 Å². The number of nitrogens with one attached hydrogen (secondary N) is 1. The molecule has 1 unspecified atom stereocenters. The molecule has 0 saturated heterocycles. The van der Waals surface area contributed by atoms with Crippen molar-refractivity contribution in [2.24, 2.45) is 5.41 Å². The average Bonchev–Trinajstić information content (AvgIpc) is 2.75. The van der Waals surface area contributed by atoms with Crippen LogP contribution in [-0.2, 0) is 11.3 Å². The average molecular weight is 340 g/mol. The van der Waals surface area contributed by atoms with Crippen LogP contribution in [0.1, 0.15) is 49.0 Å². The minimum absolute atomic E-state index is 0.304. The van der Waals surface area contributed by atoms with Crippen molar-refractivity contribution >= 4 is 21.9 Å². The van der Waals surface area contributed by atoms with Gasteiger partial charge in [0.1, 0.15) is 0 Å². The molecule has 1 aliphatic rings. The molecule has 1 aliphatic carbocycles. The Morgan fingerprint density at radius 1 is 1.50 bits per heavy atom. The molecule has 20 heavy (non-hydrogen) atoms. The van der Waals surface area contributed by atoms with Crippen molar-refractivity contribution < 1.29 is 9.53 Å². The monoisotopic (exact) mass is 339 g/mol. The van der Waals surface area contributed by atoms with Gasteiger partial charge in [0.2, 0.25) is 0 Å². The maximum atomic E-state index is 11.5. The van der Waals surface area contributed by atoms with E-state index in [0.717, 1.165) is 11.0 Å². The lowest BCUT2D eigenvalue weighted by molar-refractivity contribution is 0.0600. The van der Waals surface area contributed by atoms with Crippen molar-refractivity contribution in [3.8, 4) is 0 Å². The van der Waals surface area contributed by atoms with Crippen LogP contribution in [0, 0.1) is 5.41 Å². The third-order valence-electron chi connectivity index (χ3n) is 4.27. The summed E-state index contributed by atoms with van der Waals surface area (Å²) in [6.07, 6.45) is 3.82. The maximum Gasteiger partial charge on any atom is 0.337 e. The Balaban J connectivity index is 2.02. The summed E-state index contributed by atoms with van der Waals surface area (Å²) in [6, 6.07) is 6.18. The SMILES string of the molecule is COC(=O)c1ccc(CNC2CCCC2(C)C)c(Br)c1. The van der Waals surface area contributed by atoms with Crippen LogP contribution in [0.25, 0.3) is 0 Å². The highest BCUT2D eigenvalue weighted by atomic mass is 79.9. The number of carbonyl (C=O) groups is 1. The fourth-order valence-corrected chi connectivity index (χ4v) is 3.39. The van der Waals surface area contributed by atoms with E-state index in [4.69, 9.17) is 4.74 Å². The summed E-state index contributed by atoms with van der Waals surface area (Å²) >= 11 is 3.53. The van der Waals surface area contributed by atoms with Gasteiger partial charge in [0.05, 0.1) is 12.7 Å². The number of hydrogen-bond donors (Lipinski definition) is 1. The van der Waals surface area contributed by atoms with Crippen molar-refractivity contribution in [3.63, 3.8) is 0 Å². The number of carbonyl (C=O) groups excluding carboxylic acids is 1. The highest BCUT2D eigenvalue weighted by molar-refractivity contribution is 9.10. The lowest BCUT2D eigenvalue weighted by atomic mass is 9.87. The highest BCUT2D eigenvalue weighted by Crippen LogP contribution is 2.37. The predicted molar refractivity (Wildman–Crippen MR) is 83.7 cm³/mol. The predicted octanol–water partition coefficient (Wildman–Crippen LogP) is 3.90. The van der Waals surface area contributed by atoms with Gasteiger partial charge in [-0.25, -0.2) is 4.79 Å². The van der Waals surface area contributed by atoms with Gasteiger partial charge in [-0.15, -0.1) is 0 Å². The first-order valence-corrected chi connectivity index (χ1v) is 7.83. The molecule has 0 aliphatic heterocycles. The molecular weight excluding hydrogens is 318 g/mol. The second-order valence-electron chi connectivity index (χ2n) is 6.11. The van der Waals surface area contributed by atoms with E-state index in [1.807, 2.05) is 18.2 Å². The number of rotatable bonds is 4. The van der Waals surface area contributed by atoms with E-state index in [2.05, 4.69) is 35.1 Å². The van der Waals surface area contributed by atoms with Gasteiger partial charge in [-0.1, -0.05) is 42.3 Å². The summed E-state index contributed by atoms with van der Waals surface area (Å²) in [5.41, 5.74) is 2.11. The van der Waals surface area contributed by atoms with Gasteiger partial charge in [-0.05, 0) is 36.0 Å². The van der Waals surface area contributed by atoms with E-state index in [1.54, 1.807) is 0 Å². The molecule has 3 nitrogen and oxygen atoms in total. The van der Waals surface area contributed by atoms with Crippen LogP contribution >= 0.6 is 15.9 Å². The van der Waals surface area contributed by atoms with Crippen LogP contribution in [0.4, 0.5) is 0 Å². The fraction of sp³-hybridized carbons (Fsp3) is 0.562. The molecule has 1 fully saturated rings. The van der Waals surface area contributed by atoms with Crippen LogP contribution < -0.4 is 5.32 Å². The first kappa shape index (κ1) is 15.5. The van der Waals surface area contributed by atoms with E-state index in [0.29, 0.717) is 17.0 Å². The third-order valence-corrected chi connectivity index (χ3v) is 5.01. The molecule has 0 spiro atoms. The number of esters is 1. The Kier molecular flexibility index (Phi) is 4.86. The molecule has 0 bridgehead atoms. The minimum atomic E-state index is -0.304. The molecule has 0 aromatic heterocycles. The van der Waals surface area contributed by atoms with E-state index < -0.39 is 0 Å². The minimum Gasteiger partial charge on any atom is -0.465 e. The van der Waals surface area contributed by atoms with Gasteiger partial charge in [-0.3, -0.25) is 0 Å². The Morgan fingerprint density at radius 2 is 2.25 bits per heavy atom. The Labute approximate surface area is 129 Å². The Hall–Kier alpha value is -0.870. The van der Waals surface area contributed by atoms with Gasteiger partial charge < -0.3 is 10.1 Å². The largest absolute Gasteiger partial charge is 0.465 e. The number of hydrogen-bond acceptors (Lipinski definition) is 3. The second kappa shape index (κ2) is 6.27. The number of halogens is 1. The van der Waals surface area contributed by atoms with E-state index >= 15 is 0 Å². The molecule has 1 aromatic rings. The van der Waals surface area contributed by atoms with E-state index in [-0.39, 0.29) is 5.97 Å². The van der Waals surface area contributed by atoms with Crippen LogP contribution in [0.2, 0.25) is 0 Å². The summed E-state index contributed by atoms with van der Waals surface area (Å²) in [6.45, 7) is 5.47. The first-order valence-electron chi connectivity index (χ1n) is 7.04. The van der Waals surface area contributed by atoms with Crippen molar-refractivity contribution in [3.05, 3.63) is 33.8 Å².